The zero-order valence-electron chi connectivity index (χ0n) is 29.0. The van der Waals surface area contributed by atoms with Crippen LogP contribution in [0.25, 0.3) is 0 Å². The molecular weight excluding hydrogens is 598 g/mol. The van der Waals surface area contributed by atoms with Gasteiger partial charge in [0, 0.05) is 6.42 Å². The van der Waals surface area contributed by atoms with Crippen molar-refractivity contribution in [1.29, 1.82) is 0 Å². The van der Waals surface area contributed by atoms with Crippen molar-refractivity contribution in [2.75, 3.05) is 13.2 Å². The number of amides is 1. The van der Waals surface area contributed by atoms with E-state index < -0.39 is 49.5 Å². The minimum absolute atomic E-state index is 0.155. The van der Waals surface area contributed by atoms with Crippen LogP contribution in [0, 0.1) is 0 Å². The van der Waals surface area contributed by atoms with Crippen molar-refractivity contribution < 1.29 is 39.8 Å². The lowest BCUT2D eigenvalue weighted by molar-refractivity contribution is -0.302. The number of carbonyl (C=O) groups is 1. The molecule has 1 saturated heterocycles. The van der Waals surface area contributed by atoms with Crippen LogP contribution >= 0.6 is 0 Å². The van der Waals surface area contributed by atoms with Gasteiger partial charge in [0.05, 0.1) is 25.4 Å². The second-order valence-corrected chi connectivity index (χ2v) is 12.3. The fraction of sp³-hybridized carbons (Fsp3) is 0.711. The number of hydrogen-bond acceptors (Lipinski definition) is 8. The SMILES string of the molecule is CC/C=C\C/C=C\C/C=C\C/C=C\C/C=C\CCCCCCCC(=O)NC(COC1OC(CO)C(O)C(O)C1O)C(O)CCCCC. The van der Waals surface area contributed by atoms with Crippen LogP contribution in [0.15, 0.2) is 60.8 Å². The van der Waals surface area contributed by atoms with Crippen LogP contribution in [0.4, 0.5) is 0 Å². The summed E-state index contributed by atoms with van der Waals surface area (Å²) in [5.74, 6) is -0.180. The number of carbonyl (C=O) groups excluding carboxylic acids is 1. The van der Waals surface area contributed by atoms with E-state index in [1.54, 1.807) is 0 Å². The average Bonchev–Trinajstić information content (AvgIpc) is 3.07. The van der Waals surface area contributed by atoms with Crippen molar-refractivity contribution in [3.05, 3.63) is 60.8 Å². The number of allylic oxidation sites excluding steroid dienone is 10. The molecule has 0 saturated carbocycles. The fourth-order valence-corrected chi connectivity index (χ4v) is 5.18. The zero-order chi connectivity index (χ0) is 34.5. The fourth-order valence-electron chi connectivity index (χ4n) is 5.18. The normalized spacial score (nSPS) is 23.6. The highest BCUT2D eigenvalue weighted by Gasteiger charge is 2.44. The van der Waals surface area contributed by atoms with Crippen LogP contribution in [0.1, 0.15) is 117 Å². The summed E-state index contributed by atoms with van der Waals surface area (Å²) in [6, 6.07) is -0.727. The maximum Gasteiger partial charge on any atom is 0.220 e. The van der Waals surface area contributed by atoms with Crippen molar-refractivity contribution in [3.63, 3.8) is 0 Å². The van der Waals surface area contributed by atoms with Gasteiger partial charge in [-0.3, -0.25) is 4.79 Å². The third-order valence-corrected chi connectivity index (χ3v) is 8.14. The van der Waals surface area contributed by atoms with Crippen LogP contribution in [-0.2, 0) is 14.3 Å². The summed E-state index contributed by atoms with van der Waals surface area (Å²) in [6.07, 6.45) is 28.8. The first-order valence-corrected chi connectivity index (χ1v) is 18.0. The Morgan fingerprint density at radius 1 is 0.745 bits per heavy atom. The Morgan fingerprint density at radius 2 is 1.32 bits per heavy atom. The average molecular weight is 664 g/mol. The Labute approximate surface area is 284 Å². The second kappa shape index (κ2) is 28.9. The molecule has 7 atom stereocenters. The third-order valence-electron chi connectivity index (χ3n) is 8.14. The van der Waals surface area contributed by atoms with Gasteiger partial charge in [0.2, 0.25) is 5.91 Å². The van der Waals surface area contributed by atoms with E-state index in [1.165, 1.54) is 0 Å². The van der Waals surface area contributed by atoms with Crippen molar-refractivity contribution >= 4 is 5.91 Å². The Hall–Kier alpha value is -2.11. The first kappa shape index (κ1) is 42.9. The summed E-state index contributed by atoms with van der Waals surface area (Å²) in [7, 11) is 0. The van der Waals surface area contributed by atoms with Gasteiger partial charge in [0.15, 0.2) is 6.29 Å². The molecule has 1 aliphatic heterocycles. The van der Waals surface area contributed by atoms with E-state index in [4.69, 9.17) is 9.47 Å². The maximum absolute atomic E-state index is 12.7. The molecule has 1 aliphatic rings. The lowest BCUT2D eigenvalue weighted by Gasteiger charge is -2.40. The number of aliphatic hydroxyl groups is 5. The van der Waals surface area contributed by atoms with Crippen LogP contribution in [-0.4, -0.2) is 87.5 Å². The van der Waals surface area contributed by atoms with Gasteiger partial charge in [-0.2, -0.15) is 0 Å². The molecule has 1 fully saturated rings. The molecule has 6 N–H and O–H groups in total. The van der Waals surface area contributed by atoms with E-state index in [9.17, 15) is 30.3 Å². The molecule has 9 heteroatoms. The van der Waals surface area contributed by atoms with Crippen LogP contribution in [0.5, 0.6) is 0 Å². The number of rotatable bonds is 27. The van der Waals surface area contributed by atoms with Crippen molar-refractivity contribution in [2.24, 2.45) is 0 Å². The van der Waals surface area contributed by atoms with E-state index in [2.05, 4.69) is 79.9 Å². The van der Waals surface area contributed by atoms with Gasteiger partial charge in [0.25, 0.3) is 0 Å². The molecular formula is C38H65NO8. The molecule has 47 heavy (non-hydrogen) atoms. The van der Waals surface area contributed by atoms with E-state index in [0.717, 1.165) is 89.9 Å². The highest BCUT2D eigenvalue weighted by molar-refractivity contribution is 5.76. The van der Waals surface area contributed by atoms with Crippen LogP contribution in [0.2, 0.25) is 0 Å². The second-order valence-electron chi connectivity index (χ2n) is 12.3. The van der Waals surface area contributed by atoms with Gasteiger partial charge < -0.3 is 40.3 Å². The van der Waals surface area contributed by atoms with Crippen molar-refractivity contribution in [2.45, 2.75) is 159 Å². The maximum atomic E-state index is 12.7. The standard InChI is InChI=1S/C38H65NO8/c1-3-5-7-8-9-10-11-12-13-14-15-16-17-18-19-20-21-22-23-24-26-28-34(42)39-31(32(41)27-25-6-4-2)30-46-38-37(45)36(44)35(43)33(29-40)47-38/h5,7,9-10,12-13,15-16,18-19,31-33,35-38,40-41,43-45H,3-4,6,8,11,14,17,20-30H2,1-2H3,(H,39,42)/b7-5-,10-9-,13-12-,16-15-,19-18-. The Balaban J connectivity index is 2.25. The predicted octanol–water partition coefficient (Wildman–Crippen LogP) is 5.71. The lowest BCUT2D eigenvalue weighted by atomic mass is 9.99. The summed E-state index contributed by atoms with van der Waals surface area (Å²) in [4.78, 5) is 12.7. The molecule has 0 aromatic heterocycles. The van der Waals surface area contributed by atoms with E-state index in [0.29, 0.717) is 12.8 Å². The van der Waals surface area contributed by atoms with Crippen LogP contribution in [0.3, 0.4) is 0 Å². The van der Waals surface area contributed by atoms with E-state index >= 15 is 0 Å². The van der Waals surface area contributed by atoms with Crippen molar-refractivity contribution in [1.82, 2.24) is 5.32 Å². The third kappa shape index (κ3) is 20.8. The smallest absolute Gasteiger partial charge is 0.220 e. The Bertz CT molecular complexity index is 915. The minimum atomic E-state index is -1.56. The van der Waals surface area contributed by atoms with Gasteiger partial charge in [0.1, 0.15) is 24.4 Å². The van der Waals surface area contributed by atoms with Crippen LogP contribution < -0.4 is 5.32 Å². The van der Waals surface area contributed by atoms with Gasteiger partial charge >= 0.3 is 0 Å². The largest absolute Gasteiger partial charge is 0.394 e. The lowest BCUT2D eigenvalue weighted by Crippen LogP contribution is -2.60. The first-order chi connectivity index (χ1) is 22.8. The summed E-state index contributed by atoms with van der Waals surface area (Å²) >= 11 is 0. The highest BCUT2D eigenvalue weighted by atomic mass is 16.7. The molecule has 1 rings (SSSR count). The summed E-state index contributed by atoms with van der Waals surface area (Å²) in [5, 5.41) is 53.3. The number of hydrogen-bond donors (Lipinski definition) is 6. The molecule has 1 amide bonds. The molecule has 0 radical (unpaired) electrons. The first-order valence-electron chi connectivity index (χ1n) is 18.0. The molecule has 270 valence electrons. The number of unbranched alkanes of at least 4 members (excludes halogenated alkanes) is 7. The minimum Gasteiger partial charge on any atom is -0.394 e. The quantitative estimate of drug-likeness (QED) is 0.0484. The topological polar surface area (TPSA) is 149 Å². The molecule has 0 aromatic rings. The zero-order valence-corrected chi connectivity index (χ0v) is 29.0. The molecule has 7 unspecified atom stereocenters. The molecule has 0 bridgehead atoms. The Morgan fingerprint density at radius 3 is 1.91 bits per heavy atom. The molecule has 0 aromatic carbocycles. The molecule has 1 heterocycles. The monoisotopic (exact) mass is 663 g/mol. The van der Waals surface area contributed by atoms with Gasteiger partial charge in [-0.15, -0.1) is 0 Å². The van der Waals surface area contributed by atoms with Gasteiger partial charge in [-0.1, -0.05) is 113 Å². The summed E-state index contributed by atoms with van der Waals surface area (Å²) in [5.41, 5.74) is 0. The highest BCUT2D eigenvalue weighted by Crippen LogP contribution is 2.22. The Kier molecular flexibility index (Phi) is 26.4. The number of nitrogens with one attached hydrogen (secondary N) is 1. The molecule has 0 aliphatic carbocycles. The van der Waals surface area contributed by atoms with Gasteiger partial charge in [-0.25, -0.2) is 0 Å². The van der Waals surface area contributed by atoms with Gasteiger partial charge in [-0.05, 0) is 57.8 Å². The molecule has 9 nitrogen and oxygen atoms in total. The molecule has 0 spiro atoms. The predicted molar refractivity (Wildman–Crippen MR) is 189 cm³/mol. The number of ether oxygens (including phenoxy) is 2. The summed E-state index contributed by atoms with van der Waals surface area (Å²) < 4.78 is 11.0. The number of aliphatic hydroxyl groups excluding tert-OH is 5. The van der Waals surface area contributed by atoms with E-state index in [1.807, 2.05) is 0 Å². The van der Waals surface area contributed by atoms with E-state index in [-0.39, 0.29) is 12.5 Å². The van der Waals surface area contributed by atoms with Crippen molar-refractivity contribution in [3.8, 4) is 0 Å². The summed E-state index contributed by atoms with van der Waals surface area (Å²) in [6.45, 7) is 3.50.